The van der Waals surface area contributed by atoms with Gasteiger partial charge in [-0.3, -0.25) is 4.79 Å². The average Bonchev–Trinajstić information content (AvgIpc) is 2.61. The molecule has 0 saturated heterocycles. The molecule has 1 atom stereocenters. The van der Waals surface area contributed by atoms with E-state index in [0.29, 0.717) is 6.42 Å². The quantitative estimate of drug-likeness (QED) is 0.791. The molecule has 5 heteroatoms. The molecule has 84 valence electrons. The molecular formula is C10H17N3OS. The lowest BCUT2D eigenvalue weighted by Crippen LogP contribution is -2.31. The smallest absolute Gasteiger partial charge is 0.221 e. The van der Waals surface area contributed by atoms with E-state index in [1.54, 1.807) is 18.4 Å². The molecule has 1 aromatic rings. The van der Waals surface area contributed by atoms with Crippen LogP contribution in [0.15, 0.2) is 5.51 Å². The minimum atomic E-state index is 0.0658. The molecule has 0 bridgehead atoms. The van der Waals surface area contributed by atoms with Crippen LogP contribution in [-0.2, 0) is 11.3 Å². The minimum Gasteiger partial charge on any atom is -0.359 e. The van der Waals surface area contributed by atoms with Crippen LogP contribution in [-0.4, -0.2) is 24.0 Å². The molecule has 0 aliphatic rings. The number of thiazole rings is 1. The van der Waals surface area contributed by atoms with Crippen LogP contribution in [0.2, 0.25) is 0 Å². The summed E-state index contributed by atoms with van der Waals surface area (Å²) in [7, 11) is 1.66. The van der Waals surface area contributed by atoms with Crippen LogP contribution in [0.1, 0.15) is 23.9 Å². The van der Waals surface area contributed by atoms with Crippen LogP contribution in [0.25, 0.3) is 0 Å². The number of aryl methyl sites for hydroxylation is 1. The second-order valence-electron chi connectivity index (χ2n) is 3.52. The molecule has 1 aromatic heterocycles. The predicted octanol–water partition coefficient (Wildman–Crippen LogP) is 1.07. The molecule has 0 aliphatic carbocycles. The molecule has 15 heavy (non-hydrogen) atoms. The lowest BCUT2D eigenvalue weighted by atomic mass is 10.2. The molecule has 0 saturated carbocycles. The van der Waals surface area contributed by atoms with E-state index in [2.05, 4.69) is 15.6 Å². The average molecular weight is 227 g/mol. The minimum absolute atomic E-state index is 0.0658. The van der Waals surface area contributed by atoms with Crippen molar-refractivity contribution in [3.05, 3.63) is 16.1 Å². The first-order valence-corrected chi connectivity index (χ1v) is 5.84. The fourth-order valence-corrected chi connectivity index (χ4v) is 1.94. The van der Waals surface area contributed by atoms with Crippen LogP contribution in [0.3, 0.4) is 0 Å². The number of carbonyl (C=O) groups is 1. The van der Waals surface area contributed by atoms with Gasteiger partial charge >= 0.3 is 0 Å². The number of aromatic nitrogens is 1. The molecule has 0 radical (unpaired) electrons. The van der Waals surface area contributed by atoms with Gasteiger partial charge in [-0.05, 0) is 13.8 Å². The molecule has 1 amide bonds. The van der Waals surface area contributed by atoms with Gasteiger partial charge in [-0.15, -0.1) is 11.3 Å². The Morgan fingerprint density at radius 3 is 2.93 bits per heavy atom. The highest BCUT2D eigenvalue weighted by molar-refractivity contribution is 7.09. The van der Waals surface area contributed by atoms with E-state index >= 15 is 0 Å². The molecule has 1 heterocycles. The highest BCUT2D eigenvalue weighted by atomic mass is 32.1. The summed E-state index contributed by atoms with van der Waals surface area (Å²) in [6.07, 6.45) is 0.508. The Bertz CT molecular complexity index is 324. The molecule has 1 rings (SSSR count). The Balaban J connectivity index is 2.31. The SMILES string of the molecule is CNC(=O)CC(C)NCc1scnc1C. The van der Waals surface area contributed by atoms with Gasteiger partial charge < -0.3 is 10.6 Å². The van der Waals surface area contributed by atoms with Gasteiger partial charge in [-0.2, -0.15) is 0 Å². The number of amides is 1. The first-order valence-electron chi connectivity index (χ1n) is 4.96. The van der Waals surface area contributed by atoms with Gasteiger partial charge in [0, 0.05) is 30.9 Å². The van der Waals surface area contributed by atoms with Crippen molar-refractivity contribution in [1.82, 2.24) is 15.6 Å². The summed E-state index contributed by atoms with van der Waals surface area (Å²) in [6.45, 7) is 4.79. The fourth-order valence-electron chi connectivity index (χ4n) is 1.22. The van der Waals surface area contributed by atoms with Crippen molar-refractivity contribution in [2.24, 2.45) is 0 Å². The second kappa shape index (κ2) is 5.82. The zero-order valence-corrected chi connectivity index (χ0v) is 10.1. The summed E-state index contributed by atoms with van der Waals surface area (Å²) in [5, 5.41) is 5.91. The Morgan fingerprint density at radius 1 is 1.67 bits per heavy atom. The third-order valence-corrected chi connectivity index (χ3v) is 3.16. The van der Waals surface area contributed by atoms with Gasteiger partial charge in [-0.1, -0.05) is 0 Å². The van der Waals surface area contributed by atoms with Gasteiger partial charge in [0.2, 0.25) is 5.91 Å². The van der Waals surface area contributed by atoms with Crippen LogP contribution in [0, 0.1) is 6.92 Å². The monoisotopic (exact) mass is 227 g/mol. The Labute approximate surface area is 94.1 Å². The molecule has 4 nitrogen and oxygen atoms in total. The van der Waals surface area contributed by atoms with Gasteiger partial charge in [0.05, 0.1) is 11.2 Å². The highest BCUT2D eigenvalue weighted by Crippen LogP contribution is 2.11. The normalized spacial score (nSPS) is 12.5. The number of carbonyl (C=O) groups excluding carboxylic acids is 1. The van der Waals surface area contributed by atoms with Crippen LogP contribution < -0.4 is 10.6 Å². The van der Waals surface area contributed by atoms with E-state index in [1.807, 2.05) is 19.4 Å². The third kappa shape index (κ3) is 3.97. The number of nitrogens with zero attached hydrogens (tertiary/aromatic N) is 1. The highest BCUT2D eigenvalue weighted by Gasteiger charge is 2.08. The molecule has 0 aromatic carbocycles. The first-order chi connectivity index (χ1) is 7.13. The number of rotatable bonds is 5. The third-order valence-electron chi connectivity index (χ3n) is 2.23. The van der Waals surface area contributed by atoms with E-state index in [-0.39, 0.29) is 11.9 Å². The van der Waals surface area contributed by atoms with E-state index in [0.717, 1.165) is 12.2 Å². The van der Waals surface area contributed by atoms with Crippen molar-refractivity contribution in [1.29, 1.82) is 0 Å². The van der Waals surface area contributed by atoms with Crippen molar-refractivity contribution in [2.75, 3.05) is 7.05 Å². The van der Waals surface area contributed by atoms with E-state index < -0.39 is 0 Å². The van der Waals surface area contributed by atoms with Crippen LogP contribution in [0.5, 0.6) is 0 Å². The zero-order chi connectivity index (χ0) is 11.3. The Morgan fingerprint density at radius 2 is 2.40 bits per heavy atom. The Hall–Kier alpha value is -0.940. The van der Waals surface area contributed by atoms with E-state index in [9.17, 15) is 4.79 Å². The van der Waals surface area contributed by atoms with E-state index in [1.165, 1.54) is 4.88 Å². The van der Waals surface area contributed by atoms with Gasteiger partial charge in [0.15, 0.2) is 0 Å². The maximum Gasteiger partial charge on any atom is 0.221 e. The molecular weight excluding hydrogens is 210 g/mol. The maximum absolute atomic E-state index is 11.1. The fraction of sp³-hybridized carbons (Fsp3) is 0.600. The topological polar surface area (TPSA) is 54.0 Å². The first kappa shape index (κ1) is 12.1. The van der Waals surface area contributed by atoms with Crippen molar-refractivity contribution in [3.63, 3.8) is 0 Å². The van der Waals surface area contributed by atoms with Crippen molar-refractivity contribution in [2.45, 2.75) is 32.9 Å². The van der Waals surface area contributed by atoms with Crippen LogP contribution in [0.4, 0.5) is 0 Å². The van der Waals surface area contributed by atoms with Crippen molar-refractivity contribution in [3.8, 4) is 0 Å². The summed E-state index contributed by atoms with van der Waals surface area (Å²) in [6, 6.07) is 0.187. The van der Waals surface area contributed by atoms with Crippen molar-refractivity contribution >= 4 is 17.2 Å². The van der Waals surface area contributed by atoms with Crippen molar-refractivity contribution < 1.29 is 4.79 Å². The summed E-state index contributed by atoms with van der Waals surface area (Å²) in [4.78, 5) is 16.5. The van der Waals surface area contributed by atoms with E-state index in [4.69, 9.17) is 0 Å². The molecule has 0 spiro atoms. The summed E-state index contributed by atoms with van der Waals surface area (Å²) >= 11 is 1.64. The van der Waals surface area contributed by atoms with Gasteiger partial charge in [-0.25, -0.2) is 4.98 Å². The summed E-state index contributed by atoms with van der Waals surface area (Å²) in [5.41, 5.74) is 2.91. The molecule has 0 fully saturated rings. The largest absolute Gasteiger partial charge is 0.359 e. The van der Waals surface area contributed by atoms with Gasteiger partial charge in [0.1, 0.15) is 0 Å². The summed E-state index contributed by atoms with van der Waals surface area (Å²) in [5.74, 6) is 0.0658. The lowest BCUT2D eigenvalue weighted by Gasteiger charge is -2.11. The zero-order valence-electron chi connectivity index (χ0n) is 9.33. The molecule has 0 aliphatic heterocycles. The number of hydrogen-bond donors (Lipinski definition) is 2. The van der Waals surface area contributed by atoms with Crippen LogP contribution >= 0.6 is 11.3 Å². The standard InChI is InChI=1S/C10H17N3OS/c1-7(4-10(14)11-3)12-5-9-8(2)13-6-15-9/h6-7,12H,4-5H2,1-3H3,(H,11,14). The van der Waals surface area contributed by atoms with Gasteiger partial charge in [0.25, 0.3) is 0 Å². The Kier molecular flexibility index (Phi) is 4.71. The lowest BCUT2D eigenvalue weighted by molar-refractivity contribution is -0.121. The predicted molar refractivity (Wildman–Crippen MR) is 61.8 cm³/mol. The maximum atomic E-state index is 11.1. The number of hydrogen-bond acceptors (Lipinski definition) is 4. The second-order valence-corrected chi connectivity index (χ2v) is 4.46. The summed E-state index contributed by atoms with van der Waals surface area (Å²) < 4.78 is 0. The number of nitrogens with one attached hydrogen (secondary N) is 2. The molecule has 2 N–H and O–H groups in total. The molecule has 1 unspecified atom stereocenters.